The Balaban J connectivity index is 2.44. The minimum atomic E-state index is -0.213. The molecule has 82 valence electrons. The summed E-state index contributed by atoms with van der Waals surface area (Å²) in [7, 11) is 0. The van der Waals surface area contributed by atoms with Crippen molar-refractivity contribution < 1.29 is 9.18 Å². The van der Waals surface area contributed by atoms with Gasteiger partial charge >= 0.3 is 0 Å². The third-order valence-electron chi connectivity index (χ3n) is 2.27. The van der Waals surface area contributed by atoms with Crippen molar-refractivity contribution >= 4 is 5.78 Å². The smallest absolute Gasteiger partial charge is 0.133 e. The van der Waals surface area contributed by atoms with Crippen molar-refractivity contribution in [3.8, 4) is 0 Å². The summed E-state index contributed by atoms with van der Waals surface area (Å²) < 4.78 is 13.2. The van der Waals surface area contributed by atoms with Gasteiger partial charge in [-0.15, -0.1) is 0 Å². The number of hydrogen-bond acceptors (Lipinski definition) is 1. The minimum absolute atomic E-state index is 0.213. The molecule has 0 aliphatic rings. The Labute approximate surface area is 90.3 Å². The molecule has 1 nitrogen and oxygen atoms in total. The van der Waals surface area contributed by atoms with Gasteiger partial charge in [0.25, 0.3) is 0 Å². The van der Waals surface area contributed by atoms with Crippen LogP contribution in [-0.4, -0.2) is 5.78 Å². The maximum atomic E-state index is 13.2. The molecule has 0 N–H and O–H groups in total. The molecular weight excluding hydrogens is 191 g/mol. The highest BCUT2D eigenvalue weighted by atomic mass is 19.1. The summed E-state index contributed by atoms with van der Waals surface area (Å²) in [5.74, 6) is 0.390. The molecule has 0 saturated carbocycles. The van der Waals surface area contributed by atoms with Gasteiger partial charge in [0.1, 0.15) is 11.6 Å². The molecule has 0 amide bonds. The van der Waals surface area contributed by atoms with Crippen LogP contribution < -0.4 is 0 Å². The first-order valence-corrected chi connectivity index (χ1v) is 5.34. The van der Waals surface area contributed by atoms with Gasteiger partial charge in [-0.1, -0.05) is 32.0 Å². The van der Waals surface area contributed by atoms with Crippen molar-refractivity contribution in [1.29, 1.82) is 0 Å². The topological polar surface area (TPSA) is 17.1 Å². The van der Waals surface area contributed by atoms with Crippen LogP contribution in [0.5, 0.6) is 0 Å². The van der Waals surface area contributed by atoms with Crippen molar-refractivity contribution in [3.05, 3.63) is 35.6 Å². The second kappa shape index (κ2) is 5.64. The summed E-state index contributed by atoms with van der Waals surface area (Å²) in [5.41, 5.74) is 0.634. The van der Waals surface area contributed by atoms with Gasteiger partial charge in [0.15, 0.2) is 0 Å². The van der Waals surface area contributed by atoms with Gasteiger partial charge in [0.2, 0.25) is 0 Å². The molecule has 0 saturated heterocycles. The first kappa shape index (κ1) is 11.9. The zero-order chi connectivity index (χ0) is 11.3. The van der Waals surface area contributed by atoms with E-state index in [0.29, 0.717) is 30.7 Å². The third kappa shape index (κ3) is 4.24. The van der Waals surface area contributed by atoms with E-state index < -0.39 is 0 Å². The van der Waals surface area contributed by atoms with Gasteiger partial charge in [-0.05, 0) is 24.0 Å². The second-order valence-corrected chi connectivity index (χ2v) is 4.23. The van der Waals surface area contributed by atoms with Gasteiger partial charge < -0.3 is 0 Å². The normalized spacial score (nSPS) is 10.7. The number of Topliss-reactive ketones (excluding diaryl/α,β-unsaturated/α-hetero) is 1. The Bertz CT molecular complexity index is 331. The lowest BCUT2D eigenvalue weighted by Crippen LogP contribution is -2.04. The standard InChI is InChI=1S/C13H17FO/c1-10(2)9-12(15)8-7-11-5-3-4-6-13(11)14/h3-6,10H,7-9H2,1-2H3. The van der Waals surface area contributed by atoms with Gasteiger partial charge in [-0.25, -0.2) is 4.39 Å². The molecule has 0 heterocycles. The molecule has 0 aliphatic carbocycles. The van der Waals surface area contributed by atoms with E-state index in [0.717, 1.165) is 0 Å². The van der Waals surface area contributed by atoms with Crippen LogP contribution in [0.2, 0.25) is 0 Å². The number of halogens is 1. The molecule has 0 bridgehead atoms. The Hall–Kier alpha value is -1.18. The van der Waals surface area contributed by atoms with E-state index in [1.54, 1.807) is 18.2 Å². The van der Waals surface area contributed by atoms with E-state index in [1.807, 2.05) is 13.8 Å². The van der Waals surface area contributed by atoms with Gasteiger partial charge in [0.05, 0.1) is 0 Å². The highest BCUT2D eigenvalue weighted by Crippen LogP contribution is 2.11. The molecule has 2 heteroatoms. The van der Waals surface area contributed by atoms with E-state index in [9.17, 15) is 9.18 Å². The number of hydrogen-bond donors (Lipinski definition) is 0. The third-order valence-corrected chi connectivity index (χ3v) is 2.27. The maximum Gasteiger partial charge on any atom is 0.133 e. The Morgan fingerprint density at radius 3 is 2.60 bits per heavy atom. The van der Waals surface area contributed by atoms with Gasteiger partial charge in [0, 0.05) is 12.8 Å². The fraction of sp³-hybridized carbons (Fsp3) is 0.462. The second-order valence-electron chi connectivity index (χ2n) is 4.23. The van der Waals surface area contributed by atoms with Crippen molar-refractivity contribution in [2.45, 2.75) is 33.1 Å². The SMILES string of the molecule is CC(C)CC(=O)CCc1ccccc1F. The molecule has 0 aromatic heterocycles. The summed E-state index contributed by atoms with van der Waals surface area (Å²) >= 11 is 0. The summed E-state index contributed by atoms with van der Waals surface area (Å²) in [5, 5.41) is 0. The zero-order valence-corrected chi connectivity index (χ0v) is 9.29. The molecule has 0 atom stereocenters. The summed E-state index contributed by atoms with van der Waals surface area (Å²) in [6.07, 6.45) is 1.55. The number of aryl methyl sites for hydroxylation is 1. The van der Waals surface area contributed by atoms with E-state index in [4.69, 9.17) is 0 Å². The largest absolute Gasteiger partial charge is 0.300 e. The minimum Gasteiger partial charge on any atom is -0.300 e. The highest BCUT2D eigenvalue weighted by Gasteiger charge is 2.07. The zero-order valence-electron chi connectivity index (χ0n) is 9.29. The lowest BCUT2D eigenvalue weighted by molar-refractivity contribution is -0.119. The van der Waals surface area contributed by atoms with E-state index >= 15 is 0 Å². The molecule has 15 heavy (non-hydrogen) atoms. The van der Waals surface area contributed by atoms with Crippen LogP contribution in [0.25, 0.3) is 0 Å². The lowest BCUT2D eigenvalue weighted by Gasteiger charge is -2.04. The van der Waals surface area contributed by atoms with Crippen molar-refractivity contribution in [1.82, 2.24) is 0 Å². The van der Waals surface area contributed by atoms with Gasteiger partial charge in [-0.2, -0.15) is 0 Å². The van der Waals surface area contributed by atoms with Crippen LogP contribution in [0, 0.1) is 11.7 Å². The average Bonchev–Trinajstić information content (AvgIpc) is 2.15. The predicted molar refractivity (Wildman–Crippen MR) is 59.2 cm³/mol. The molecule has 0 spiro atoms. The van der Waals surface area contributed by atoms with Crippen LogP contribution in [0.3, 0.4) is 0 Å². The van der Waals surface area contributed by atoms with Crippen molar-refractivity contribution in [3.63, 3.8) is 0 Å². The van der Waals surface area contributed by atoms with E-state index in [-0.39, 0.29) is 11.6 Å². The monoisotopic (exact) mass is 208 g/mol. The highest BCUT2D eigenvalue weighted by molar-refractivity contribution is 5.78. The fourth-order valence-corrected chi connectivity index (χ4v) is 1.53. The molecule has 0 fully saturated rings. The van der Waals surface area contributed by atoms with Crippen LogP contribution in [0.1, 0.15) is 32.3 Å². The first-order chi connectivity index (χ1) is 7.09. The first-order valence-electron chi connectivity index (χ1n) is 5.34. The van der Waals surface area contributed by atoms with Crippen LogP contribution >= 0.6 is 0 Å². The molecule has 0 aliphatic heterocycles. The van der Waals surface area contributed by atoms with Crippen LogP contribution in [-0.2, 0) is 11.2 Å². The molecule has 0 unspecified atom stereocenters. The van der Waals surface area contributed by atoms with Crippen LogP contribution in [0.4, 0.5) is 4.39 Å². The molecule has 1 aromatic carbocycles. The van der Waals surface area contributed by atoms with Crippen molar-refractivity contribution in [2.75, 3.05) is 0 Å². The van der Waals surface area contributed by atoms with Gasteiger partial charge in [-0.3, -0.25) is 4.79 Å². The Kier molecular flexibility index (Phi) is 4.47. The molecular formula is C13H17FO. The summed E-state index contributed by atoms with van der Waals surface area (Å²) in [6, 6.07) is 6.63. The quantitative estimate of drug-likeness (QED) is 0.725. The summed E-state index contributed by atoms with van der Waals surface area (Å²) in [4.78, 5) is 11.4. The lowest BCUT2D eigenvalue weighted by atomic mass is 10.0. The number of carbonyl (C=O) groups is 1. The Morgan fingerprint density at radius 2 is 2.00 bits per heavy atom. The maximum absolute atomic E-state index is 13.2. The predicted octanol–water partition coefficient (Wildman–Crippen LogP) is 3.37. The van der Waals surface area contributed by atoms with Crippen LogP contribution in [0.15, 0.2) is 24.3 Å². The molecule has 0 radical (unpaired) electrons. The van der Waals surface area contributed by atoms with E-state index in [1.165, 1.54) is 6.07 Å². The number of ketones is 1. The van der Waals surface area contributed by atoms with E-state index in [2.05, 4.69) is 0 Å². The average molecular weight is 208 g/mol. The van der Waals surface area contributed by atoms with Crippen molar-refractivity contribution in [2.24, 2.45) is 5.92 Å². The summed E-state index contributed by atoms with van der Waals surface area (Å²) in [6.45, 7) is 4.03. The number of rotatable bonds is 5. The fourth-order valence-electron chi connectivity index (χ4n) is 1.53. The number of carbonyl (C=O) groups excluding carboxylic acids is 1. The molecule has 1 aromatic rings. The number of benzene rings is 1. The Morgan fingerprint density at radius 1 is 1.33 bits per heavy atom. The molecule has 1 rings (SSSR count).